The molecule has 0 aliphatic carbocycles. The van der Waals surface area contributed by atoms with Crippen molar-refractivity contribution in [1.82, 2.24) is 10.2 Å². The summed E-state index contributed by atoms with van der Waals surface area (Å²) in [5, 5.41) is 12.1. The van der Waals surface area contributed by atoms with Crippen molar-refractivity contribution in [2.45, 2.75) is 43.4 Å². The highest BCUT2D eigenvalue weighted by Gasteiger charge is 2.53. The molecule has 0 unspecified atom stereocenters. The Hall–Kier alpha value is -1.09. The fraction of sp³-hybridized carbons (Fsp3) is 0.800. The van der Waals surface area contributed by atoms with Gasteiger partial charge in [0.15, 0.2) is 0 Å². The number of hydrogen-bond acceptors (Lipinski definition) is 6. The van der Waals surface area contributed by atoms with Crippen molar-refractivity contribution in [2.24, 2.45) is 5.41 Å². The van der Waals surface area contributed by atoms with Crippen molar-refractivity contribution in [3.63, 3.8) is 0 Å². The summed E-state index contributed by atoms with van der Waals surface area (Å²) in [6.07, 6.45) is -0.271. The maximum absolute atomic E-state index is 13.1. The normalized spacial score (nSPS) is 24.0. The summed E-state index contributed by atoms with van der Waals surface area (Å²) in [5.74, 6) is 0.550. The molecule has 0 aromatic heterocycles. The lowest BCUT2D eigenvalue weighted by Gasteiger charge is -2.34. The van der Waals surface area contributed by atoms with Gasteiger partial charge in [0, 0.05) is 24.5 Å². The van der Waals surface area contributed by atoms with Crippen LogP contribution in [0.25, 0.3) is 0 Å². The molecule has 2 amide bonds. The van der Waals surface area contributed by atoms with E-state index in [9.17, 15) is 19.5 Å². The lowest BCUT2D eigenvalue weighted by atomic mass is 9.85. The molecule has 2 aliphatic heterocycles. The van der Waals surface area contributed by atoms with Gasteiger partial charge in [-0.25, -0.2) is 9.59 Å². The largest absolute Gasteiger partial charge is 0.480 e. The van der Waals surface area contributed by atoms with Gasteiger partial charge in [-0.3, -0.25) is 4.79 Å². The highest BCUT2D eigenvalue weighted by molar-refractivity contribution is 8.21. The van der Waals surface area contributed by atoms with Gasteiger partial charge in [0.2, 0.25) is 5.91 Å². The fourth-order valence-corrected chi connectivity index (χ4v) is 6.24. The number of carbonyl (C=O) groups excluding carboxylic acids is 2. The molecule has 0 aromatic rings. The molecule has 2 saturated heterocycles. The Labute approximate surface area is 150 Å². The number of nitrogens with zero attached hydrogens (tertiary/aromatic N) is 1. The number of carbonyl (C=O) groups is 3. The van der Waals surface area contributed by atoms with Crippen LogP contribution >= 0.6 is 23.5 Å². The van der Waals surface area contributed by atoms with E-state index in [1.807, 2.05) is 20.8 Å². The molecule has 2 atom stereocenters. The Morgan fingerprint density at radius 3 is 2.33 bits per heavy atom. The number of methoxy groups -OCH3 is 1. The Kier molecular flexibility index (Phi) is 5.64. The van der Waals surface area contributed by atoms with Gasteiger partial charge >= 0.3 is 12.1 Å². The predicted molar refractivity (Wildman–Crippen MR) is 94.2 cm³/mol. The summed E-state index contributed by atoms with van der Waals surface area (Å²) in [6, 6.07) is -1.71. The highest BCUT2D eigenvalue weighted by atomic mass is 32.2. The molecule has 136 valence electrons. The first-order valence-electron chi connectivity index (χ1n) is 7.75. The molecular weight excluding hydrogens is 352 g/mol. The minimum absolute atomic E-state index is 0.244. The average Bonchev–Trinajstić information content (AvgIpc) is 3.10. The maximum Gasteiger partial charge on any atom is 0.407 e. The van der Waals surface area contributed by atoms with Crippen LogP contribution in [-0.2, 0) is 14.3 Å². The van der Waals surface area contributed by atoms with Gasteiger partial charge in [-0.15, -0.1) is 23.5 Å². The second kappa shape index (κ2) is 7.03. The van der Waals surface area contributed by atoms with Crippen LogP contribution in [0.5, 0.6) is 0 Å². The van der Waals surface area contributed by atoms with E-state index >= 15 is 0 Å². The third-order valence-electron chi connectivity index (χ3n) is 4.23. The van der Waals surface area contributed by atoms with Gasteiger partial charge in [0.05, 0.1) is 11.2 Å². The summed E-state index contributed by atoms with van der Waals surface area (Å²) in [4.78, 5) is 37.8. The topological polar surface area (TPSA) is 95.9 Å². The molecule has 0 aromatic carbocycles. The summed E-state index contributed by atoms with van der Waals surface area (Å²) in [7, 11) is 1.23. The van der Waals surface area contributed by atoms with Gasteiger partial charge < -0.3 is 20.1 Å². The predicted octanol–water partition coefficient (Wildman–Crippen LogP) is 1.62. The molecule has 2 N–H and O–H groups in total. The third-order valence-corrected chi connectivity index (χ3v) is 7.66. The molecule has 0 radical (unpaired) electrons. The number of carboxylic acids is 1. The quantitative estimate of drug-likeness (QED) is 0.772. The summed E-state index contributed by atoms with van der Waals surface area (Å²) in [6.45, 7) is 5.86. The van der Waals surface area contributed by atoms with Gasteiger partial charge in [-0.1, -0.05) is 20.8 Å². The maximum atomic E-state index is 13.1. The number of amides is 2. The van der Waals surface area contributed by atoms with E-state index < -0.39 is 29.6 Å². The number of rotatable bonds is 3. The van der Waals surface area contributed by atoms with E-state index in [0.29, 0.717) is 13.0 Å². The standard InChI is InChI=1S/C15H24N2O5S2/c1-14(2,3)10(16-13(21)22-4)11(18)17-8-15(23-5-6-24-15)7-9(17)12(19)20/h9-10H,5-8H2,1-4H3,(H,16,21)(H,19,20)/t9-,10+/m0/s1. The Balaban J connectivity index is 2.26. The van der Waals surface area contributed by atoms with Gasteiger partial charge in [-0.2, -0.15) is 0 Å². The molecular formula is C15H24N2O5S2. The summed E-state index contributed by atoms with van der Waals surface area (Å²) >= 11 is 3.45. The summed E-state index contributed by atoms with van der Waals surface area (Å²) < 4.78 is 4.37. The van der Waals surface area contributed by atoms with E-state index in [4.69, 9.17) is 0 Å². The van der Waals surface area contributed by atoms with Crippen LogP contribution in [-0.4, -0.2) is 69.3 Å². The Morgan fingerprint density at radius 1 is 1.29 bits per heavy atom. The zero-order valence-electron chi connectivity index (χ0n) is 14.3. The number of likely N-dealkylation sites (tertiary alicyclic amines) is 1. The molecule has 9 heteroatoms. The van der Waals surface area contributed by atoms with Crippen LogP contribution in [0.2, 0.25) is 0 Å². The minimum atomic E-state index is -1.00. The van der Waals surface area contributed by atoms with E-state index in [1.165, 1.54) is 12.0 Å². The van der Waals surface area contributed by atoms with Crippen LogP contribution in [0, 0.1) is 5.41 Å². The molecule has 24 heavy (non-hydrogen) atoms. The third kappa shape index (κ3) is 3.93. The van der Waals surface area contributed by atoms with Crippen molar-refractivity contribution in [2.75, 3.05) is 25.2 Å². The molecule has 1 spiro atoms. The molecule has 2 aliphatic rings. The monoisotopic (exact) mass is 376 g/mol. The first kappa shape index (κ1) is 19.2. The first-order chi connectivity index (χ1) is 11.1. The first-order valence-corrected chi connectivity index (χ1v) is 9.72. The minimum Gasteiger partial charge on any atom is -0.480 e. The number of aliphatic carboxylic acids is 1. The highest BCUT2D eigenvalue weighted by Crippen LogP contribution is 2.52. The van der Waals surface area contributed by atoms with Crippen LogP contribution in [0.4, 0.5) is 4.79 Å². The van der Waals surface area contributed by atoms with E-state index in [2.05, 4.69) is 10.1 Å². The van der Waals surface area contributed by atoms with Crippen molar-refractivity contribution in [1.29, 1.82) is 0 Å². The SMILES string of the molecule is COC(=O)N[C@H](C(=O)N1CC2(C[C@H]1C(=O)O)SCCS2)C(C)(C)C. The van der Waals surface area contributed by atoms with Crippen molar-refractivity contribution < 1.29 is 24.2 Å². The van der Waals surface area contributed by atoms with Crippen LogP contribution in [0.3, 0.4) is 0 Å². The van der Waals surface area contributed by atoms with Crippen LogP contribution < -0.4 is 5.32 Å². The van der Waals surface area contributed by atoms with Gasteiger partial charge in [-0.05, 0) is 5.41 Å². The van der Waals surface area contributed by atoms with Crippen molar-refractivity contribution >= 4 is 41.5 Å². The molecule has 2 rings (SSSR count). The lowest BCUT2D eigenvalue weighted by Crippen LogP contribution is -2.56. The van der Waals surface area contributed by atoms with Crippen molar-refractivity contribution in [3.8, 4) is 0 Å². The number of ether oxygens (including phenoxy) is 1. The molecule has 7 nitrogen and oxygen atoms in total. The molecule has 2 fully saturated rings. The molecule has 0 bridgehead atoms. The van der Waals surface area contributed by atoms with Crippen molar-refractivity contribution in [3.05, 3.63) is 0 Å². The number of hydrogen-bond donors (Lipinski definition) is 2. The molecule has 2 heterocycles. The number of thioether (sulfide) groups is 2. The van der Waals surface area contributed by atoms with E-state index in [-0.39, 0.29) is 9.99 Å². The average molecular weight is 377 g/mol. The fourth-order valence-electron chi connectivity index (χ4n) is 2.99. The van der Waals surface area contributed by atoms with E-state index in [1.54, 1.807) is 23.5 Å². The second-order valence-corrected chi connectivity index (χ2v) is 10.3. The second-order valence-electron chi connectivity index (χ2n) is 7.07. The Bertz CT molecular complexity index is 528. The number of carboxylic acid groups (broad SMARTS) is 1. The van der Waals surface area contributed by atoms with Crippen LogP contribution in [0.1, 0.15) is 27.2 Å². The zero-order chi connectivity index (χ0) is 18.1. The number of alkyl carbamates (subject to hydrolysis) is 1. The van der Waals surface area contributed by atoms with E-state index in [0.717, 1.165) is 11.5 Å². The molecule has 0 saturated carbocycles. The van der Waals surface area contributed by atoms with Gasteiger partial charge in [0.25, 0.3) is 0 Å². The van der Waals surface area contributed by atoms with Crippen LogP contribution in [0.15, 0.2) is 0 Å². The smallest absolute Gasteiger partial charge is 0.407 e. The Morgan fingerprint density at radius 2 is 1.88 bits per heavy atom. The summed E-state index contributed by atoms with van der Waals surface area (Å²) in [5.41, 5.74) is -0.569. The zero-order valence-corrected chi connectivity index (χ0v) is 16.0. The number of nitrogens with one attached hydrogen (secondary N) is 1. The lowest BCUT2D eigenvalue weighted by molar-refractivity contribution is -0.150. The van der Waals surface area contributed by atoms with Gasteiger partial charge in [0.1, 0.15) is 12.1 Å².